The van der Waals surface area contributed by atoms with Crippen molar-refractivity contribution in [2.75, 3.05) is 27.1 Å². The Balaban J connectivity index is 2.07. The smallest absolute Gasteiger partial charge is 0.407 e. The Labute approximate surface area is 139 Å². The molecule has 0 spiro atoms. The molecule has 1 amide bonds. The molecule has 3 rings (SSSR count). The zero-order chi connectivity index (χ0) is 24.2. The van der Waals surface area contributed by atoms with Gasteiger partial charge in [-0.1, -0.05) is 6.04 Å². The first-order valence-corrected chi connectivity index (χ1v) is 6.36. The summed E-state index contributed by atoms with van der Waals surface area (Å²) in [4.78, 5) is 13.8. The minimum Gasteiger partial charge on any atom is -0.447 e. The number of benzene rings is 1. The van der Waals surface area contributed by atoms with E-state index in [1.165, 1.54) is 6.20 Å². The van der Waals surface area contributed by atoms with Gasteiger partial charge in [-0.05, 0) is 50.0 Å². The fourth-order valence-corrected chi connectivity index (χ4v) is 2.21. The highest BCUT2D eigenvalue weighted by Gasteiger charge is 2.22. The van der Waals surface area contributed by atoms with Crippen LogP contribution in [0.15, 0.2) is 24.3 Å². The molecule has 1 atom stereocenters. The second-order valence-electron chi connectivity index (χ2n) is 4.73. The van der Waals surface area contributed by atoms with Crippen LogP contribution in [0, 0.1) is 0 Å². The number of rotatable bonds is 5. The zero-order valence-electron chi connectivity index (χ0n) is 22.0. The van der Waals surface area contributed by atoms with Gasteiger partial charge in [0, 0.05) is 34.6 Å². The van der Waals surface area contributed by atoms with Crippen LogP contribution in [-0.2, 0) is 17.6 Å². The quantitative estimate of drug-likeness (QED) is 0.887. The zero-order valence-corrected chi connectivity index (χ0v) is 11.0. The normalized spacial score (nSPS) is 27.8. The van der Waals surface area contributed by atoms with Crippen LogP contribution in [-0.4, -0.2) is 49.1 Å². The maximum absolute atomic E-state index is 11.3. The number of aromatic amines is 1. The average Bonchev–Trinajstić information content (AvgIpc) is 3.19. The molecule has 2 N–H and O–H groups in total. The Morgan fingerprint density at radius 1 is 1.57 bits per heavy atom. The highest BCUT2D eigenvalue weighted by Crippen LogP contribution is 2.21. The van der Waals surface area contributed by atoms with E-state index in [0.29, 0.717) is 0 Å². The molecule has 0 aliphatic carbocycles. The molecule has 0 radical (unpaired) electrons. The summed E-state index contributed by atoms with van der Waals surface area (Å²) in [5, 5.41) is 2.62. The summed E-state index contributed by atoms with van der Waals surface area (Å²) in [7, 11) is 0. The van der Waals surface area contributed by atoms with Crippen LogP contribution in [0.4, 0.5) is 4.79 Å². The molecule has 2 heterocycles. The topological polar surface area (TPSA) is 57.4 Å². The number of amides is 1. The van der Waals surface area contributed by atoms with Gasteiger partial charge in [-0.2, -0.15) is 0 Å². The Morgan fingerprint density at radius 3 is 3.24 bits per heavy atom. The lowest BCUT2D eigenvalue weighted by Crippen LogP contribution is -2.28. The number of aryl methyl sites for hydroxylation is 1. The highest BCUT2D eigenvalue weighted by molar-refractivity contribution is 5.84. The van der Waals surface area contributed by atoms with Crippen molar-refractivity contribution >= 4 is 17.0 Å². The second-order valence-corrected chi connectivity index (χ2v) is 4.73. The van der Waals surface area contributed by atoms with Crippen molar-refractivity contribution in [1.29, 1.82) is 0 Å². The van der Waals surface area contributed by atoms with E-state index in [1.807, 2.05) is 0 Å². The fourth-order valence-electron chi connectivity index (χ4n) is 2.21. The Hall–Kier alpha value is -2.01. The van der Waals surface area contributed by atoms with E-state index in [1.54, 1.807) is 0 Å². The van der Waals surface area contributed by atoms with Gasteiger partial charge >= 0.3 is 6.09 Å². The van der Waals surface area contributed by atoms with E-state index in [2.05, 4.69) is 10.3 Å². The molecule has 2 aromatic rings. The fraction of sp³-hybridized carbons (Fsp3) is 0.438. The molecular weight excluding hydrogens is 266 g/mol. The largest absolute Gasteiger partial charge is 0.447 e. The van der Waals surface area contributed by atoms with E-state index >= 15 is 0 Å². The molecular formula is C16H21N3O2. The third-order valence-corrected chi connectivity index (χ3v) is 3.19. The second kappa shape index (κ2) is 5.77. The molecule has 1 fully saturated rings. The van der Waals surface area contributed by atoms with Gasteiger partial charge in [0.05, 0.1) is 10.2 Å². The maximum Gasteiger partial charge on any atom is 0.407 e. The molecule has 1 aliphatic heterocycles. The Kier molecular flexibility index (Phi) is 1.65. The van der Waals surface area contributed by atoms with Crippen molar-refractivity contribution in [3.63, 3.8) is 0 Å². The monoisotopic (exact) mass is 298 g/mol. The molecule has 1 saturated heterocycles. The first-order valence-electron chi connectivity index (χ1n) is 11.9. The van der Waals surface area contributed by atoms with Gasteiger partial charge in [-0.25, -0.2) is 4.79 Å². The van der Waals surface area contributed by atoms with Crippen molar-refractivity contribution in [2.45, 2.75) is 18.9 Å². The van der Waals surface area contributed by atoms with Gasteiger partial charge in [0.25, 0.3) is 0 Å². The molecule has 1 aliphatic rings. The number of cyclic esters (lactones) is 1. The molecule has 0 bridgehead atoms. The SMILES string of the molecule is [2H]c1c(C[C@H]2COC(=O)N2)c([2H])c2c(CC([2H])([2H])N(C([2H])([2H])[2H])C([2H])([2H])[2H])c[nH]c2c1[2H]. The first-order chi connectivity index (χ1) is 14.5. The Morgan fingerprint density at radius 2 is 2.48 bits per heavy atom. The van der Waals surface area contributed by atoms with Crippen LogP contribution in [0.3, 0.4) is 0 Å². The molecule has 1 aromatic carbocycles. The minimum atomic E-state index is -3.26. The van der Waals surface area contributed by atoms with Crippen molar-refractivity contribution in [1.82, 2.24) is 15.2 Å². The molecule has 5 heteroatoms. The number of fused-ring (bicyclic) bond motifs is 1. The number of hydrogen-bond acceptors (Lipinski definition) is 3. The standard InChI is InChI=1S/C16H21N3O2/c1-19(2)6-5-12-9-17-15-4-3-11(8-14(12)15)7-13-10-21-16(20)18-13/h3-4,8-9,13,17H,5-7,10H2,1-2H3,(H,18,20)/t13-/m0/s1/i1D3,2D3,3D,4D,6D2,8D. The predicted octanol–water partition coefficient (Wildman–Crippen LogP) is 1.92. The van der Waals surface area contributed by atoms with Gasteiger partial charge in [-0.3, -0.25) is 0 Å². The van der Waals surface area contributed by atoms with Crippen LogP contribution < -0.4 is 5.32 Å². The van der Waals surface area contributed by atoms with Gasteiger partial charge in [-0.15, -0.1) is 0 Å². The van der Waals surface area contributed by atoms with Crippen molar-refractivity contribution in [2.24, 2.45) is 0 Å². The van der Waals surface area contributed by atoms with E-state index in [9.17, 15) is 4.79 Å². The number of carbonyl (C=O) groups is 1. The summed E-state index contributed by atoms with van der Waals surface area (Å²) in [6, 6.07) is -1.20. The number of hydrogen-bond donors (Lipinski definition) is 2. The molecule has 5 nitrogen and oxygen atoms in total. The van der Waals surface area contributed by atoms with Crippen molar-refractivity contribution < 1.29 is 24.6 Å². The van der Waals surface area contributed by atoms with Crippen LogP contribution in [0.2, 0.25) is 0 Å². The van der Waals surface area contributed by atoms with E-state index in [0.717, 1.165) is 0 Å². The summed E-state index contributed by atoms with van der Waals surface area (Å²) in [6.45, 7) is -9.35. The number of likely N-dealkylation sites (N-methyl/N-ethyl adjacent to an activating group) is 1. The summed E-state index contributed by atoms with van der Waals surface area (Å²) in [5.41, 5.74) is 0.300. The van der Waals surface area contributed by atoms with Gasteiger partial charge < -0.3 is 19.9 Å². The number of carbonyl (C=O) groups excluding carboxylic acids is 1. The third kappa shape index (κ3) is 3.19. The molecule has 112 valence electrons. The average molecular weight is 298 g/mol. The molecule has 1 aromatic heterocycles. The van der Waals surface area contributed by atoms with E-state index in [-0.39, 0.29) is 58.1 Å². The summed E-state index contributed by atoms with van der Waals surface area (Å²) >= 11 is 0. The number of ether oxygens (including phenoxy) is 1. The number of nitrogens with zero attached hydrogens (tertiary/aromatic N) is 1. The molecule has 21 heavy (non-hydrogen) atoms. The maximum atomic E-state index is 11.3. The van der Waals surface area contributed by atoms with Crippen LogP contribution in [0.5, 0.6) is 0 Å². The number of nitrogens with one attached hydrogen (secondary N) is 2. The Bertz CT molecular complexity index is 1030. The lowest BCUT2D eigenvalue weighted by molar-refractivity contribution is 0.177. The van der Waals surface area contributed by atoms with Crippen LogP contribution in [0.1, 0.15) is 26.2 Å². The predicted molar refractivity (Wildman–Crippen MR) is 82.5 cm³/mol. The van der Waals surface area contributed by atoms with Crippen molar-refractivity contribution in [3.8, 4) is 0 Å². The van der Waals surface area contributed by atoms with Crippen LogP contribution in [0.25, 0.3) is 10.9 Å². The van der Waals surface area contributed by atoms with Crippen molar-refractivity contribution in [3.05, 3.63) is 35.5 Å². The minimum absolute atomic E-state index is 0.0255. The number of aromatic nitrogens is 1. The summed E-state index contributed by atoms with van der Waals surface area (Å²) in [5.74, 6) is 0. The lowest BCUT2D eigenvalue weighted by atomic mass is 10.0. The highest BCUT2D eigenvalue weighted by atomic mass is 16.6. The number of alkyl carbamates (subject to hydrolysis) is 1. The lowest BCUT2D eigenvalue weighted by Gasteiger charge is -2.09. The summed E-state index contributed by atoms with van der Waals surface area (Å²) in [6.07, 6.45) is -0.0289. The van der Waals surface area contributed by atoms with Gasteiger partial charge in [0.2, 0.25) is 0 Å². The van der Waals surface area contributed by atoms with Gasteiger partial charge in [0.1, 0.15) is 6.61 Å². The third-order valence-electron chi connectivity index (χ3n) is 3.19. The van der Waals surface area contributed by atoms with Crippen LogP contribution >= 0.6 is 0 Å². The summed E-state index contributed by atoms with van der Waals surface area (Å²) < 4.78 is 91.2. The molecule has 0 unspecified atom stereocenters. The van der Waals surface area contributed by atoms with E-state index < -0.39 is 39.0 Å². The van der Waals surface area contributed by atoms with E-state index in [4.69, 9.17) is 19.8 Å². The molecule has 0 saturated carbocycles. The first kappa shape index (κ1) is 6.01. The van der Waals surface area contributed by atoms with Gasteiger partial charge in [0.15, 0.2) is 0 Å². The number of H-pyrrole nitrogens is 1.